The molecule has 1 saturated heterocycles. The van der Waals surface area contributed by atoms with Gasteiger partial charge in [0.15, 0.2) is 18.9 Å². The summed E-state index contributed by atoms with van der Waals surface area (Å²) in [7, 11) is 0. The van der Waals surface area contributed by atoms with Crippen molar-refractivity contribution >= 4 is 35.4 Å². The van der Waals surface area contributed by atoms with Gasteiger partial charge in [-0.3, -0.25) is 4.79 Å². The standard InChI is InChI=1S/C17H20N2O4S2/c1-10(20)14-12-8-13(15(17(22)23)19(12)16(14)21)25-7-6-18-5-3-4-11(9-18)24-2/h3-5,9-10,12,14,20H,6-8H2,1-2H3/p+1/t10?,12-,14-/m1/s1. The number of aromatic nitrogens is 1. The van der Waals surface area contributed by atoms with Crippen LogP contribution < -0.4 is 4.57 Å². The molecule has 1 unspecified atom stereocenters. The smallest absolute Gasteiger partial charge is 0.353 e. The zero-order chi connectivity index (χ0) is 18.1. The van der Waals surface area contributed by atoms with Gasteiger partial charge in [0.25, 0.3) is 0 Å². The van der Waals surface area contributed by atoms with Crippen LogP contribution in [-0.4, -0.2) is 51.1 Å². The first-order valence-corrected chi connectivity index (χ1v) is 10.3. The van der Waals surface area contributed by atoms with Crippen LogP contribution in [0.2, 0.25) is 0 Å². The molecule has 25 heavy (non-hydrogen) atoms. The second-order valence-electron chi connectivity index (χ2n) is 6.15. The molecule has 0 radical (unpaired) electrons. The lowest BCUT2D eigenvalue weighted by atomic mass is 9.83. The number of aliphatic hydroxyl groups is 1. The minimum absolute atomic E-state index is 0.0970. The largest absolute Gasteiger partial charge is 0.477 e. The number of hydrogen-bond acceptors (Lipinski definition) is 5. The predicted molar refractivity (Wildman–Crippen MR) is 96.0 cm³/mol. The number of aliphatic carboxylic acids is 1. The van der Waals surface area contributed by atoms with Crippen molar-refractivity contribution < 1.29 is 24.4 Å². The number of thioether (sulfide) groups is 2. The molecular formula is C17H21N2O4S2+. The van der Waals surface area contributed by atoms with Gasteiger partial charge in [-0.2, -0.15) is 0 Å². The van der Waals surface area contributed by atoms with Crippen molar-refractivity contribution in [3.63, 3.8) is 0 Å². The molecule has 0 saturated carbocycles. The molecule has 1 fully saturated rings. The number of fused-ring (bicyclic) bond motifs is 1. The quantitative estimate of drug-likeness (QED) is 0.421. The maximum absolute atomic E-state index is 12.2. The molecular weight excluding hydrogens is 360 g/mol. The first-order valence-electron chi connectivity index (χ1n) is 8.07. The van der Waals surface area contributed by atoms with E-state index in [-0.39, 0.29) is 17.6 Å². The van der Waals surface area contributed by atoms with Crippen LogP contribution in [0.25, 0.3) is 0 Å². The summed E-state index contributed by atoms with van der Waals surface area (Å²) < 4.78 is 2.08. The van der Waals surface area contributed by atoms with Gasteiger partial charge in [-0.05, 0) is 19.2 Å². The van der Waals surface area contributed by atoms with E-state index in [1.165, 1.54) is 21.6 Å². The highest BCUT2D eigenvalue weighted by Crippen LogP contribution is 2.46. The number of aliphatic hydroxyl groups excluding tert-OH is 1. The minimum Gasteiger partial charge on any atom is -0.477 e. The molecule has 2 N–H and O–H groups in total. The highest BCUT2D eigenvalue weighted by molar-refractivity contribution is 8.03. The van der Waals surface area contributed by atoms with Gasteiger partial charge >= 0.3 is 5.97 Å². The summed E-state index contributed by atoms with van der Waals surface area (Å²) >= 11 is 3.16. The maximum atomic E-state index is 12.2. The number of nitrogens with zero attached hydrogens (tertiary/aromatic N) is 2. The van der Waals surface area contributed by atoms with Gasteiger partial charge in [-0.1, -0.05) is 0 Å². The van der Waals surface area contributed by atoms with Gasteiger partial charge in [-0.25, -0.2) is 9.36 Å². The molecule has 1 aromatic heterocycles. The van der Waals surface area contributed by atoms with E-state index >= 15 is 0 Å². The fourth-order valence-electron chi connectivity index (χ4n) is 3.39. The average Bonchev–Trinajstić information content (AvgIpc) is 2.89. The molecule has 1 amide bonds. The van der Waals surface area contributed by atoms with Crippen LogP contribution in [0.5, 0.6) is 0 Å². The van der Waals surface area contributed by atoms with Crippen molar-refractivity contribution in [1.82, 2.24) is 4.90 Å². The summed E-state index contributed by atoms with van der Waals surface area (Å²) in [5.41, 5.74) is 0.0970. The third kappa shape index (κ3) is 3.43. The van der Waals surface area contributed by atoms with Crippen LogP contribution in [0.3, 0.4) is 0 Å². The Bertz CT molecular complexity index is 735. The molecule has 1 aromatic rings. The lowest BCUT2D eigenvalue weighted by Gasteiger charge is -2.44. The zero-order valence-electron chi connectivity index (χ0n) is 14.1. The Labute approximate surface area is 154 Å². The van der Waals surface area contributed by atoms with Gasteiger partial charge in [0.2, 0.25) is 5.91 Å². The van der Waals surface area contributed by atoms with Crippen LogP contribution in [0.4, 0.5) is 0 Å². The van der Waals surface area contributed by atoms with Crippen molar-refractivity contribution in [1.29, 1.82) is 0 Å². The molecule has 6 nitrogen and oxygen atoms in total. The third-order valence-electron chi connectivity index (χ3n) is 4.58. The Morgan fingerprint density at radius 2 is 2.28 bits per heavy atom. The lowest BCUT2D eigenvalue weighted by molar-refractivity contribution is -0.694. The summed E-state index contributed by atoms with van der Waals surface area (Å²) in [6.45, 7) is 2.34. The Hall–Kier alpha value is -1.51. The van der Waals surface area contributed by atoms with E-state index in [0.29, 0.717) is 6.42 Å². The van der Waals surface area contributed by atoms with Crippen molar-refractivity contribution in [2.75, 3.05) is 12.0 Å². The lowest BCUT2D eigenvalue weighted by Crippen LogP contribution is -2.61. The topological polar surface area (TPSA) is 81.7 Å². The predicted octanol–water partition coefficient (Wildman–Crippen LogP) is 1.34. The van der Waals surface area contributed by atoms with Crippen molar-refractivity contribution in [2.45, 2.75) is 36.9 Å². The number of carboxylic acids is 1. The first kappa shape index (κ1) is 18.3. The molecule has 2 aliphatic heterocycles. The number of carbonyl (C=O) groups excluding carboxylic acids is 1. The number of carboxylic acid groups (broad SMARTS) is 1. The molecule has 3 atom stereocenters. The number of amides is 1. The number of β-lactam (4-membered cyclic amide) rings is 1. The average molecular weight is 381 g/mol. The van der Waals surface area contributed by atoms with Crippen LogP contribution >= 0.6 is 23.5 Å². The van der Waals surface area contributed by atoms with E-state index in [1.807, 2.05) is 24.6 Å². The minimum atomic E-state index is -1.07. The SMILES string of the molecule is CSc1ccc[n+](CCSC2=C(C(=O)O)N3C(=O)[C@H](C(C)O)[C@H]3C2)c1. The highest BCUT2D eigenvalue weighted by Gasteiger charge is 2.56. The molecule has 2 aliphatic rings. The maximum Gasteiger partial charge on any atom is 0.353 e. The van der Waals surface area contributed by atoms with Crippen molar-refractivity contribution in [2.24, 2.45) is 5.92 Å². The summed E-state index contributed by atoms with van der Waals surface area (Å²) in [5, 5.41) is 19.2. The van der Waals surface area contributed by atoms with E-state index < -0.39 is 18.0 Å². The molecule has 0 spiro atoms. The van der Waals surface area contributed by atoms with Crippen LogP contribution in [0, 0.1) is 5.92 Å². The number of rotatable bonds is 7. The van der Waals surface area contributed by atoms with Crippen molar-refractivity contribution in [3.8, 4) is 0 Å². The van der Waals surface area contributed by atoms with Gasteiger partial charge in [0.1, 0.15) is 5.70 Å². The zero-order valence-corrected chi connectivity index (χ0v) is 15.7. The van der Waals surface area contributed by atoms with E-state index in [4.69, 9.17) is 0 Å². The monoisotopic (exact) mass is 381 g/mol. The third-order valence-corrected chi connectivity index (χ3v) is 6.39. The fraction of sp³-hybridized carbons (Fsp3) is 0.471. The molecule has 3 heterocycles. The Morgan fingerprint density at radius 1 is 1.52 bits per heavy atom. The normalized spacial score (nSPS) is 23.5. The van der Waals surface area contributed by atoms with Gasteiger partial charge < -0.3 is 15.1 Å². The molecule has 134 valence electrons. The first-order chi connectivity index (χ1) is 11.9. The summed E-state index contributed by atoms with van der Waals surface area (Å²) in [6.07, 6.45) is 5.84. The van der Waals surface area contributed by atoms with Gasteiger partial charge in [0.05, 0.1) is 28.7 Å². The fourth-order valence-corrected chi connectivity index (χ4v) is 5.01. The second kappa shape index (κ2) is 7.39. The van der Waals surface area contributed by atoms with E-state index in [9.17, 15) is 19.8 Å². The molecule has 0 aromatic carbocycles. The molecule has 0 aliphatic carbocycles. The van der Waals surface area contributed by atoms with E-state index in [2.05, 4.69) is 10.8 Å². The van der Waals surface area contributed by atoms with Crippen LogP contribution in [0.1, 0.15) is 13.3 Å². The van der Waals surface area contributed by atoms with Crippen LogP contribution in [0.15, 0.2) is 40.0 Å². The summed E-state index contributed by atoms with van der Waals surface area (Å²) in [6, 6.07) is 3.82. The summed E-state index contributed by atoms with van der Waals surface area (Å²) in [4.78, 5) is 27.0. The second-order valence-corrected chi connectivity index (χ2v) is 8.22. The van der Waals surface area contributed by atoms with Gasteiger partial charge in [-0.15, -0.1) is 23.5 Å². The molecule has 0 bridgehead atoms. The van der Waals surface area contributed by atoms with Crippen LogP contribution in [-0.2, 0) is 16.1 Å². The van der Waals surface area contributed by atoms with E-state index in [0.717, 1.165) is 17.2 Å². The number of hydrogen-bond donors (Lipinski definition) is 2. The highest BCUT2D eigenvalue weighted by atomic mass is 32.2. The van der Waals surface area contributed by atoms with Gasteiger partial charge in [0, 0.05) is 17.4 Å². The summed E-state index contributed by atoms with van der Waals surface area (Å²) in [5.74, 6) is -1.11. The number of aryl methyl sites for hydroxylation is 1. The number of carbonyl (C=O) groups is 2. The van der Waals surface area contributed by atoms with E-state index in [1.54, 1.807) is 18.7 Å². The molecule has 3 rings (SSSR count). The van der Waals surface area contributed by atoms with Crippen molar-refractivity contribution in [3.05, 3.63) is 35.1 Å². The Morgan fingerprint density at radius 3 is 2.92 bits per heavy atom. The Kier molecular flexibility index (Phi) is 5.41. The number of pyridine rings is 1. The molecule has 8 heteroatoms. The Balaban J connectivity index is 1.67.